The van der Waals surface area contributed by atoms with Crippen LogP contribution in [0.4, 0.5) is 0 Å². The summed E-state index contributed by atoms with van der Waals surface area (Å²) in [5, 5.41) is 3.53. The van der Waals surface area contributed by atoms with E-state index in [9.17, 15) is 0 Å². The predicted octanol–water partition coefficient (Wildman–Crippen LogP) is 2.22. The molecule has 98 valence electrons. The van der Waals surface area contributed by atoms with Crippen LogP contribution in [-0.2, 0) is 6.42 Å². The standard InChI is InChI=1S/C15H18N4/c1-3-8-16-12(5-1)11-15-18-10-7-14(19-15)13-6-2-4-9-17-13/h2,4,6-7,9-10,12,16H,1,3,5,8,11H2. The van der Waals surface area contributed by atoms with Crippen molar-refractivity contribution in [1.29, 1.82) is 0 Å². The summed E-state index contributed by atoms with van der Waals surface area (Å²) in [6.07, 6.45) is 8.33. The van der Waals surface area contributed by atoms with Gasteiger partial charge in [-0.1, -0.05) is 12.5 Å². The molecule has 2 aromatic rings. The second-order valence-corrected chi connectivity index (χ2v) is 4.92. The third-order valence-corrected chi connectivity index (χ3v) is 3.47. The molecule has 1 fully saturated rings. The Bertz CT molecular complexity index is 521. The van der Waals surface area contributed by atoms with Gasteiger partial charge in [-0.25, -0.2) is 9.97 Å². The number of hydrogen-bond donors (Lipinski definition) is 1. The third-order valence-electron chi connectivity index (χ3n) is 3.47. The minimum atomic E-state index is 0.521. The van der Waals surface area contributed by atoms with Crippen LogP contribution in [0.25, 0.3) is 11.4 Å². The Morgan fingerprint density at radius 2 is 2.05 bits per heavy atom. The zero-order valence-electron chi connectivity index (χ0n) is 10.9. The van der Waals surface area contributed by atoms with E-state index in [1.54, 1.807) is 6.20 Å². The molecule has 1 aliphatic heterocycles. The highest BCUT2D eigenvalue weighted by atomic mass is 14.9. The van der Waals surface area contributed by atoms with E-state index in [2.05, 4.69) is 20.3 Å². The molecule has 19 heavy (non-hydrogen) atoms. The summed E-state index contributed by atoms with van der Waals surface area (Å²) in [7, 11) is 0. The van der Waals surface area contributed by atoms with E-state index in [0.717, 1.165) is 30.2 Å². The van der Waals surface area contributed by atoms with E-state index in [0.29, 0.717) is 6.04 Å². The normalized spacial score (nSPS) is 19.3. The number of piperidine rings is 1. The fraction of sp³-hybridized carbons (Fsp3) is 0.400. The van der Waals surface area contributed by atoms with E-state index in [4.69, 9.17) is 0 Å². The average Bonchev–Trinajstić information content (AvgIpc) is 2.49. The van der Waals surface area contributed by atoms with E-state index in [1.807, 2.05) is 30.5 Å². The van der Waals surface area contributed by atoms with Crippen LogP contribution in [-0.4, -0.2) is 27.5 Å². The van der Waals surface area contributed by atoms with Gasteiger partial charge in [-0.05, 0) is 37.6 Å². The molecule has 1 atom stereocenters. The Labute approximate surface area is 113 Å². The number of pyridine rings is 1. The smallest absolute Gasteiger partial charge is 0.130 e. The summed E-state index contributed by atoms with van der Waals surface area (Å²) in [5.41, 5.74) is 1.81. The Morgan fingerprint density at radius 1 is 1.05 bits per heavy atom. The van der Waals surface area contributed by atoms with Gasteiger partial charge in [0.2, 0.25) is 0 Å². The van der Waals surface area contributed by atoms with Gasteiger partial charge in [-0.3, -0.25) is 4.98 Å². The van der Waals surface area contributed by atoms with Crippen LogP contribution < -0.4 is 5.32 Å². The molecule has 0 spiro atoms. The number of nitrogens with zero attached hydrogens (tertiary/aromatic N) is 3. The van der Waals surface area contributed by atoms with Crippen LogP contribution in [0.15, 0.2) is 36.7 Å². The van der Waals surface area contributed by atoms with Crippen LogP contribution in [0.1, 0.15) is 25.1 Å². The molecule has 0 amide bonds. The fourth-order valence-corrected chi connectivity index (χ4v) is 2.47. The summed E-state index contributed by atoms with van der Waals surface area (Å²) in [6, 6.07) is 8.31. The summed E-state index contributed by atoms with van der Waals surface area (Å²) >= 11 is 0. The van der Waals surface area contributed by atoms with Crippen molar-refractivity contribution < 1.29 is 0 Å². The Morgan fingerprint density at radius 3 is 2.84 bits per heavy atom. The van der Waals surface area contributed by atoms with Gasteiger partial charge in [0.15, 0.2) is 0 Å². The van der Waals surface area contributed by atoms with Crippen molar-refractivity contribution in [2.24, 2.45) is 0 Å². The van der Waals surface area contributed by atoms with E-state index in [1.165, 1.54) is 19.3 Å². The first-order valence-corrected chi connectivity index (χ1v) is 6.88. The molecule has 0 bridgehead atoms. The highest BCUT2D eigenvalue weighted by Gasteiger charge is 2.14. The van der Waals surface area contributed by atoms with Gasteiger partial charge in [0, 0.05) is 24.9 Å². The van der Waals surface area contributed by atoms with Crippen LogP contribution in [0.3, 0.4) is 0 Å². The van der Waals surface area contributed by atoms with Crippen molar-refractivity contribution >= 4 is 0 Å². The molecular formula is C15H18N4. The molecule has 0 saturated carbocycles. The summed E-state index contributed by atoms with van der Waals surface area (Å²) in [4.78, 5) is 13.3. The minimum Gasteiger partial charge on any atom is -0.314 e. The fourth-order valence-electron chi connectivity index (χ4n) is 2.47. The zero-order valence-corrected chi connectivity index (χ0v) is 10.9. The van der Waals surface area contributed by atoms with Gasteiger partial charge in [0.05, 0.1) is 11.4 Å². The Hall–Kier alpha value is -1.81. The summed E-state index contributed by atoms with van der Waals surface area (Å²) in [6.45, 7) is 1.12. The molecule has 1 aliphatic rings. The molecule has 3 rings (SSSR count). The SMILES string of the molecule is c1ccc(-c2ccnc(CC3CCCCN3)n2)nc1. The molecule has 1 N–H and O–H groups in total. The van der Waals surface area contributed by atoms with Gasteiger partial charge >= 0.3 is 0 Å². The maximum absolute atomic E-state index is 4.62. The molecule has 4 heteroatoms. The zero-order chi connectivity index (χ0) is 12.9. The molecule has 2 aromatic heterocycles. The van der Waals surface area contributed by atoms with Crippen LogP contribution >= 0.6 is 0 Å². The van der Waals surface area contributed by atoms with Gasteiger partial charge in [0.1, 0.15) is 5.82 Å². The highest BCUT2D eigenvalue weighted by molar-refractivity contribution is 5.52. The second kappa shape index (κ2) is 5.89. The van der Waals surface area contributed by atoms with E-state index in [-0.39, 0.29) is 0 Å². The van der Waals surface area contributed by atoms with Gasteiger partial charge < -0.3 is 5.32 Å². The summed E-state index contributed by atoms with van der Waals surface area (Å²) in [5.74, 6) is 0.905. The average molecular weight is 254 g/mol. The van der Waals surface area contributed by atoms with Crippen molar-refractivity contribution in [1.82, 2.24) is 20.3 Å². The van der Waals surface area contributed by atoms with Crippen molar-refractivity contribution in [3.8, 4) is 11.4 Å². The Kier molecular flexibility index (Phi) is 3.79. The first kappa shape index (κ1) is 12.2. The van der Waals surface area contributed by atoms with Gasteiger partial charge in [-0.15, -0.1) is 0 Å². The number of hydrogen-bond acceptors (Lipinski definition) is 4. The predicted molar refractivity (Wildman–Crippen MR) is 74.6 cm³/mol. The second-order valence-electron chi connectivity index (χ2n) is 4.92. The Balaban J connectivity index is 1.76. The maximum Gasteiger partial charge on any atom is 0.130 e. The van der Waals surface area contributed by atoms with Crippen molar-refractivity contribution in [3.63, 3.8) is 0 Å². The minimum absolute atomic E-state index is 0.521. The number of aromatic nitrogens is 3. The first-order valence-electron chi connectivity index (χ1n) is 6.88. The van der Waals surface area contributed by atoms with E-state index >= 15 is 0 Å². The number of nitrogens with one attached hydrogen (secondary N) is 1. The van der Waals surface area contributed by atoms with Crippen molar-refractivity contribution in [2.45, 2.75) is 31.7 Å². The quantitative estimate of drug-likeness (QED) is 0.912. The van der Waals surface area contributed by atoms with Gasteiger partial charge in [-0.2, -0.15) is 0 Å². The molecule has 0 aromatic carbocycles. The maximum atomic E-state index is 4.62. The van der Waals surface area contributed by atoms with Crippen LogP contribution in [0.5, 0.6) is 0 Å². The van der Waals surface area contributed by atoms with Crippen LogP contribution in [0, 0.1) is 0 Å². The largest absolute Gasteiger partial charge is 0.314 e. The lowest BCUT2D eigenvalue weighted by Crippen LogP contribution is -2.36. The number of rotatable bonds is 3. The molecule has 0 radical (unpaired) electrons. The topological polar surface area (TPSA) is 50.7 Å². The summed E-state index contributed by atoms with van der Waals surface area (Å²) < 4.78 is 0. The monoisotopic (exact) mass is 254 g/mol. The van der Waals surface area contributed by atoms with Crippen molar-refractivity contribution in [3.05, 3.63) is 42.5 Å². The molecule has 1 unspecified atom stereocenters. The van der Waals surface area contributed by atoms with E-state index < -0.39 is 0 Å². The van der Waals surface area contributed by atoms with Crippen molar-refractivity contribution in [2.75, 3.05) is 6.54 Å². The highest BCUT2D eigenvalue weighted by Crippen LogP contribution is 2.15. The molecular weight excluding hydrogens is 236 g/mol. The molecule has 4 nitrogen and oxygen atoms in total. The molecule has 1 saturated heterocycles. The lowest BCUT2D eigenvalue weighted by atomic mass is 10.0. The first-order chi connectivity index (χ1) is 9.42. The lowest BCUT2D eigenvalue weighted by molar-refractivity contribution is 0.394. The molecule has 3 heterocycles. The third kappa shape index (κ3) is 3.15. The lowest BCUT2D eigenvalue weighted by Gasteiger charge is -2.22. The van der Waals surface area contributed by atoms with Gasteiger partial charge in [0.25, 0.3) is 0 Å². The van der Waals surface area contributed by atoms with Crippen LogP contribution in [0.2, 0.25) is 0 Å². The molecule has 0 aliphatic carbocycles.